The number of carbonyl (C=O) groups excluding carboxylic acids is 2. The van der Waals surface area contributed by atoms with E-state index in [1.165, 1.54) is 0 Å². The molecule has 142 valence electrons. The van der Waals surface area contributed by atoms with E-state index in [2.05, 4.69) is 15.2 Å². The lowest BCUT2D eigenvalue weighted by Crippen LogP contribution is -2.46. The lowest BCUT2D eigenvalue weighted by molar-refractivity contribution is -0.118. The third kappa shape index (κ3) is 4.28. The SMILES string of the molecule is COc1ccc(OC)c(NC(=O)c2ccnc(N3CCN(C=O)CC3)c2)c1. The highest BCUT2D eigenvalue weighted by atomic mass is 16.5. The van der Waals surface area contributed by atoms with Crippen LogP contribution in [-0.2, 0) is 4.79 Å². The summed E-state index contributed by atoms with van der Waals surface area (Å²) in [5.41, 5.74) is 1.02. The monoisotopic (exact) mass is 370 g/mol. The molecule has 2 amide bonds. The predicted molar refractivity (Wildman–Crippen MR) is 102 cm³/mol. The van der Waals surface area contributed by atoms with Crippen LogP contribution in [0.3, 0.4) is 0 Å². The molecule has 1 fully saturated rings. The van der Waals surface area contributed by atoms with Crippen LogP contribution in [0, 0.1) is 0 Å². The molecule has 0 atom stereocenters. The van der Waals surface area contributed by atoms with Crippen LogP contribution < -0.4 is 19.7 Å². The molecule has 0 bridgehead atoms. The minimum Gasteiger partial charge on any atom is -0.497 e. The summed E-state index contributed by atoms with van der Waals surface area (Å²) in [5.74, 6) is 1.61. The van der Waals surface area contributed by atoms with Gasteiger partial charge in [0.05, 0.1) is 19.9 Å². The zero-order chi connectivity index (χ0) is 19.2. The summed E-state index contributed by atoms with van der Waals surface area (Å²) < 4.78 is 10.5. The molecule has 27 heavy (non-hydrogen) atoms. The molecule has 1 N–H and O–H groups in total. The number of rotatable bonds is 6. The number of amides is 2. The largest absolute Gasteiger partial charge is 0.497 e. The van der Waals surface area contributed by atoms with Crippen LogP contribution >= 0.6 is 0 Å². The molecule has 1 saturated heterocycles. The van der Waals surface area contributed by atoms with Crippen molar-refractivity contribution in [2.24, 2.45) is 0 Å². The Balaban J connectivity index is 1.75. The molecule has 1 aliphatic rings. The van der Waals surface area contributed by atoms with Gasteiger partial charge < -0.3 is 24.6 Å². The van der Waals surface area contributed by atoms with Crippen LogP contribution in [0.15, 0.2) is 36.5 Å². The third-order valence-corrected chi connectivity index (χ3v) is 4.45. The van der Waals surface area contributed by atoms with Crippen molar-refractivity contribution in [2.75, 3.05) is 50.6 Å². The Kier molecular flexibility index (Phi) is 5.75. The van der Waals surface area contributed by atoms with E-state index in [0.29, 0.717) is 54.7 Å². The molecule has 2 heterocycles. The van der Waals surface area contributed by atoms with E-state index in [1.54, 1.807) is 55.6 Å². The van der Waals surface area contributed by atoms with Crippen molar-refractivity contribution in [1.82, 2.24) is 9.88 Å². The number of aromatic nitrogens is 1. The number of ether oxygens (including phenoxy) is 2. The van der Waals surface area contributed by atoms with Gasteiger partial charge in [-0.25, -0.2) is 4.98 Å². The number of nitrogens with one attached hydrogen (secondary N) is 1. The highest BCUT2D eigenvalue weighted by Crippen LogP contribution is 2.29. The maximum atomic E-state index is 12.7. The summed E-state index contributed by atoms with van der Waals surface area (Å²) in [6.45, 7) is 2.65. The molecule has 0 unspecified atom stereocenters. The second-order valence-electron chi connectivity index (χ2n) is 6.05. The summed E-state index contributed by atoms with van der Waals surface area (Å²) >= 11 is 0. The second-order valence-corrected chi connectivity index (χ2v) is 6.05. The lowest BCUT2D eigenvalue weighted by atomic mass is 10.2. The molecule has 0 spiro atoms. The summed E-state index contributed by atoms with van der Waals surface area (Å²) in [6.07, 6.45) is 2.47. The van der Waals surface area contributed by atoms with Gasteiger partial charge in [0.25, 0.3) is 5.91 Å². The van der Waals surface area contributed by atoms with Crippen molar-refractivity contribution in [3.63, 3.8) is 0 Å². The smallest absolute Gasteiger partial charge is 0.255 e. The molecule has 1 aromatic carbocycles. The molecule has 0 aliphatic carbocycles. The van der Waals surface area contributed by atoms with E-state index >= 15 is 0 Å². The first-order valence-corrected chi connectivity index (χ1v) is 8.58. The molecule has 0 radical (unpaired) electrons. The van der Waals surface area contributed by atoms with E-state index in [9.17, 15) is 9.59 Å². The molecule has 3 rings (SSSR count). The number of methoxy groups -OCH3 is 2. The number of benzene rings is 1. The topological polar surface area (TPSA) is 84.0 Å². The van der Waals surface area contributed by atoms with Crippen molar-refractivity contribution in [1.29, 1.82) is 0 Å². The molecule has 8 nitrogen and oxygen atoms in total. The van der Waals surface area contributed by atoms with Crippen molar-refractivity contribution in [3.8, 4) is 11.5 Å². The fourth-order valence-corrected chi connectivity index (χ4v) is 2.90. The predicted octanol–water partition coefficient (Wildman–Crippen LogP) is 1.63. The first-order valence-electron chi connectivity index (χ1n) is 8.58. The zero-order valence-corrected chi connectivity index (χ0v) is 15.3. The van der Waals surface area contributed by atoms with E-state index in [0.717, 1.165) is 6.41 Å². The number of hydrogen-bond acceptors (Lipinski definition) is 6. The number of anilines is 2. The Labute approximate surface area is 157 Å². The standard InChI is InChI=1S/C19H22N4O4/c1-26-15-3-4-17(27-2)16(12-15)21-19(25)14-5-6-20-18(11-14)23-9-7-22(13-24)8-10-23/h3-6,11-13H,7-10H2,1-2H3,(H,21,25). The number of nitrogens with zero attached hydrogens (tertiary/aromatic N) is 3. The van der Waals surface area contributed by atoms with E-state index in [4.69, 9.17) is 9.47 Å². The van der Waals surface area contributed by atoms with Crippen LogP contribution in [0.4, 0.5) is 11.5 Å². The van der Waals surface area contributed by atoms with Gasteiger partial charge in [0.15, 0.2) is 0 Å². The zero-order valence-electron chi connectivity index (χ0n) is 15.3. The Hall–Kier alpha value is -3.29. The maximum absolute atomic E-state index is 12.7. The van der Waals surface area contributed by atoms with E-state index in [1.807, 2.05) is 0 Å². The number of hydrogen-bond donors (Lipinski definition) is 1. The average Bonchev–Trinajstić information content (AvgIpc) is 2.73. The quantitative estimate of drug-likeness (QED) is 0.778. The highest BCUT2D eigenvalue weighted by Gasteiger charge is 2.18. The van der Waals surface area contributed by atoms with Crippen LogP contribution in [-0.4, -0.2) is 62.6 Å². The lowest BCUT2D eigenvalue weighted by Gasteiger charge is -2.33. The first kappa shape index (κ1) is 18.5. The van der Waals surface area contributed by atoms with Gasteiger partial charge in [0.1, 0.15) is 17.3 Å². The minimum atomic E-state index is -0.267. The van der Waals surface area contributed by atoms with Crippen molar-refractivity contribution < 1.29 is 19.1 Å². The summed E-state index contributed by atoms with van der Waals surface area (Å²) in [7, 11) is 3.11. The van der Waals surface area contributed by atoms with Gasteiger partial charge in [-0.15, -0.1) is 0 Å². The summed E-state index contributed by atoms with van der Waals surface area (Å²) in [4.78, 5) is 31.7. The molecular weight excluding hydrogens is 348 g/mol. The van der Waals surface area contributed by atoms with Gasteiger partial charge in [0.2, 0.25) is 6.41 Å². The highest BCUT2D eigenvalue weighted by molar-refractivity contribution is 6.05. The normalized spacial score (nSPS) is 13.9. The van der Waals surface area contributed by atoms with Crippen LogP contribution in [0.1, 0.15) is 10.4 Å². The number of pyridine rings is 1. The van der Waals surface area contributed by atoms with Gasteiger partial charge in [-0.05, 0) is 24.3 Å². The Morgan fingerprint density at radius 3 is 2.56 bits per heavy atom. The Morgan fingerprint density at radius 2 is 1.89 bits per heavy atom. The molecule has 0 saturated carbocycles. The van der Waals surface area contributed by atoms with Gasteiger partial charge >= 0.3 is 0 Å². The first-order chi connectivity index (χ1) is 13.1. The average molecular weight is 370 g/mol. The molecule has 8 heteroatoms. The van der Waals surface area contributed by atoms with Gasteiger partial charge in [-0.2, -0.15) is 0 Å². The number of piperazine rings is 1. The van der Waals surface area contributed by atoms with Gasteiger partial charge in [-0.1, -0.05) is 0 Å². The number of carbonyl (C=O) groups is 2. The summed E-state index contributed by atoms with van der Waals surface area (Å²) in [6, 6.07) is 8.61. The van der Waals surface area contributed by atoms with Gasteiger partial charge in [-0.3, -0.25) is 9.59 Å². The van der Waals surface area contributed by atoms with Crippen molar-refractivity contribution in [2.45, 2.75) is 0 Å². The molecule has 1 aliphatic heterocycles. The molecule has 1 aromatic heterocycles. The van der Waals surface area contributed by atoms with Crippen molar-refractivity contribution >= 4 is 23.8 Å². The van der Waals surface area contributed by atoms with E-state index < -0.39 is 0 Å². The van der Waals surface area contributed by atoms with Crippen LogP contribution in [0.25, 0.3) is 0 Å². The third-order valence-electron chi connectivity index (χ3n) is 4.45. The van der Waals surface area contributed by atoms with Crippen LogP contribution in [0.5, 0.6) is 11.5 Å². The molecular formula is C19H22N4O4. The Bertz CT molecular complexity index is 819. The van der Waals surface area contributed by atoms with Gasteiger partial charge in [0, 0.05) is 44.0 Å². The van der Waals surface area contributed by atoms with Crippen LogP contribution in [0.2, 0.25) is 0 Å². The Morgan fingerprint density at radius 1 is 1.11 bits per heavy atom. The molecule has 2 aromatic rings. The second kappa shape index (κ2) is 8.39. The summed E-state index contributed by atoms with van der Waals surface area (Å²) in [5, 5.41) is 2.85. The minimum absolute atomic E-state index is 0.267. The fraction of sp³-hybridized carbons (Fsp3) is 0.316. The fourth-order valence-electron chi connectivity index (χ4n) is 2.90. The maximum Gasteiger partial charge on any atom is 0.255 e. The van der Waals surface area contributed by atoms with Crippen molar-refractivity contribution in [3.05, 3.63) is 42.1 Å². The van der Waals surface area contributed by atoms with E-state index in [-0.39, 0.29) is 5.91 Å².